The van der Waals surface area contributed by atoms with Gasteiger partial charge in [0.25, 0.3) is 5.91 Å². The third-order valence-electron chi connectivity index (χ3n) is 4.83. The van der Waals surface area contributed by atoms with Crippen LogP contribution in [0.15, 0.2) is 29.3 Å². The van der Waals surface area contributed by atoms with Gasteiger partial charge in [0.1, 0.15) is 5.75 Å². The summed E-state index contributed by atoms with van der Waals surface area (Å²) in [5.74, 6) is 2.33. The number of hydrogen-bond donors (Lipinski definition) is 2. The standard InChI is InChI=1S/C20H30N4O2.HI/c1-15-5-4-10-24(13-15)20(21-2)22-12-16-6-3-7-18(11-16)26-14-19(25)23-17-8-9-17;/h3,6-7,11,15,17H,4-5,8-10,12-14H2,1-2H3,(H,21,22)(H,23,25);1H. The maximum Gasteiger partial charge on any atom is 0.258 e. The first-order chi connectivity index (χ1) is 12.6. The highest BCUT2D eigenvalue weighted by Gasteiger charge is 2.23. The van der Waals surface area contributed by atoms with Crippen LogP contribution in [0.4, 0.5) is 0 Å². The lowest BCUT2D eigenvalue weighted by atomic mass is 10.0. The maximum absolute atomic E-state index is 11.7. The highest BCUT2D eigenvalue weighted by molar-refractivity contribution is 14.0. The van der Waals surface area contributed by atoms with Crippen LogP contribution in [0.5, 0.6) is 5.75 Å². The fourth-order valence-electron chi connectivity index (χ4n) is 3.29. The average Bonchev–Trinajstić information content (AvgIpc) is 3.45. The lowest BCUT2D eigenvalue weighted by Gasteiger charge is -2.33. The molecule has 1 amide bonds. The maximum atomic E-state index is 11.7. The number of amides is 1. The first-order valence-corrected chi connectivity index (χ1v) is 9.60. The van der Waals surface area contributed by atoms with Crippen molar-refractivity contribution in [1.82, 2.24) is 15.5 Å². The third kappa shape index (κ3) is 7.20. The zero-order valence-electron chi connectivity index (χ0n) is 16.2. The van der Waals surface area contributed by atoms with Gasteiger partial charge in [0.2, 0.25) is 0 Å². The molecule has 1 saturated carbocycles. The number of benzene rings is 1. The second kappa shape index (κ2) is 10.7. The highest BCUT2D eigenvalue weighted by Crippen LogP contribution is 2.19. The number of guanidine groups is 1. The summed E-state index contributed by atoms with van der Waals surface area (Å²) in [6.45, 7) is 5.16. The first-order valence-electron chi connectivity index (χ1n) is 9.60. The lowest BCUT2D eigenvalue weighted by molar-refractivity contribution is -0.123. The molecule has 2 fully saturated rings. The zero-order chi connectivity index (χ0) is 18.4. The number of nitrogens with one attached hydrogen (secondary N) is 2. The van der Waals surface area contributed by atoms with Crippen LogP contribution in [-0.2, 0) is 11.3 Å². The number of rotatable bonds is 6. The fraction of sp³-hybridized carbons (Fsp3) is 0.600. The number of likely N-dealkylation sites (tertiary alicyclic amines) is 1. The van der Waals surface area contributed by atoms with Crippen molar-refractivity contribution in [2.75, 3.05) is 26.7 Å². The molecule has 150 valence electrons. The second-order valence-corrected chi connectivity index (χ2v) is 7.37. The molecule has 1 heterocycles. The molecule has 1 atom stereocenters. The van der Waals surface area contributed by atoms with Gasteiger partial charge in [-0.05, 0) is 49.3 Å². The van der Waals surface area contributed by atoms with E-state index >= 15 is 0 Å². The van der Waals surface area contributed by atoms with Crippen molar-refractivity contribution in [3.05, 3.63) is 29.8 Å². The Morgan fingerprint density at radius 3 is 2.85 bits per heavy atom. The van der Waals surface area contributed by atoms with Crippen LogP contribution in [0.25, 0.3) is 0 Å². The van der Waals surface area contributed by atoms with Crippen LogP contribution in [0.3, 0.4) is 0 Å². The van der Waals surface area contributed by atoms with E-state index < -0.39 is 0 Å². The molecule has 1 aliphatic heterocycles. The Morgan fingerprint density at radius 2 is 2.15 bits per heavy atom. The van der Waals surface area contributed by atoms with Crippen molar-refractivity contribution in [2.45, 2.75) is 45.2 Å². The topological polar surface area (TPSA) is 66.0 Å². The summed E-state index contributed by atoms with van der Waals surface area (Å²) in [5, 5.41) is 6.37. The molecule has 6 nitrogen and oxygen atoms in total. The predicted molar refractivity (Wildman–Crippen MR) is 119 cm³/mol. The summed E-state index contributed by atoms with van der Waals surface area (Å²) < 4.78 is 5.62. The van der Waals surface area contributed by atoms with Gasteiger partial charge in [-0.25, -0.2) is 0 Å². The normalized spacial score (nSPS) is 19.9. The number of carbonyl (C=O) groups excluding carboxylic acids is 1. The molecule has 0 aromatic heterocycles. The molecule has 0 bridgehead atoms. The quantitative estimate of drug-likeness (QED) is 0.369. The van der Waals surface area contributed by atoms with E-state index in [9.17, 15) is 4.79 Å². The van der Waals surface area contributed by atoms with Crippen LogP contribution >= 0.6 is 24.0 Å². The molecule has 0 spiro atoms. The van der Waals surface area contributed by atoms with Gasteiger partial charge in [0.05, 0.1) is 0 Å². The molecule has 1 saturated heterocycles. The van der Waals surface area contributed by atoms with Gasteiger partial charge in [0, 0.05) is 32.7 Å². The number of hydrogen-bond acceptors (Lipinski definition) is 3. The van der Waals surface area contributed by atoms with Gasteiger partial charge < -0.3 is 20.3 Å². The molecule has 1 aliphatic carbocycles. The van der Waals surface area contributed by atoms with E-state index in [-0.39, 0.29) is 36.5 Å². The third-order valence-corrected chi connectivity index (χ3v) is 4.83. The van der Waals surface area contributed by atoms with E-state index in [0.29, 0.717) is 18.5 Å². The Hall–Kier alpha value is -1.51. The molecule has 0 radical (unpaired) electrons. The summed E-state index contributed by atoms with van der Waals surface area (Å²) in [5.41, 5.74) is 1.11. The smallest absolute Gasteiger partial charge is 0.258 e. The van der Waals surface area contributed by atoms with Crippen molar-refractivity contribution in [2.24, 2.45) is 10.9 Å². The van der Waals surface area contributed by atoms with E-state index in [4.69, 9.17) is 4.74 Å². The summed E-state index contributed by atoms with van der Waals surface area (Å²) in [6.07, 6.45) is 4.68. The van der Waals surface area contributed by atoms with Crippen molar-refractivity contribution in [3.8, 4) is 5.75 Å². The van der Waals surface area contributed by atoms with E-state index in [1.165, 1.54) is 12.8 Å². The molecule has 3 rings (SSSR count). The van der Waals surface area contributed by atoms with Crippen LogP contribution in [-0.4, -0.2) is 49.6 Å². The summed E-state index contributed by atoms with van der Waals surface area (Å²) in [4.78, 5) is 18.5. The van der Waals surface area contributed by atoms with Crippen molar-refractivity contribution < 1.29 is 9.53 Å². The van der Waals surface area contributed by atoms with Gasteiger partial charge in [-0.1, -0.05) is 19.1 Å². The molecule has 2 aliphatic rings. The number of nitrogens with zero attached hydrogens (tertiary/aromatic N) is 2. The minimum absolute atomic E-state index is 0. The van der Waals surface area contributed by atoms with Crippen LogP contribution in [0, 0.1) is 5.92 Å². The van der Waals surface area contributed by atoms with Gasteiger partial charge in [-0.3, -0.25) is 9.79 Å². The minimum Gasteiger partial charge on any atom is -0.484 e. The van der Waals surface area contributed by atoms with Gasteiger partial charge in [0.15, 0.2) is 12.6 Å². The minimum atomic E-state index is -0.0457. The van der Waals surface area contributed by atoms with Gasteiger partial charge in [-0.2, -0.15) is 0 Å². The predicted octanol–water partition coefficient (Wildman–Crippen LogP) is 2.77. The highest BCUT2D eigenvalue weighted by atomic mass is 127. The van der Waals surface area contributed by atoms with Crippen LogP contribution < -0.4 is 15.4 Å². The Kier molecular flexibility index (Phi) is 8.66. The molecular weight excluding hydrogens is 455 g/mol. The van der Waals surface area contributed by atoms with Gasteiger partial charge >= 0.3 is 0 Å². The van der Waals surface area contributed by atoms with Crippen molar-refractivity contribution in [1.29, 1.82) is 0 Å². The SMILES string of the molecule is CN=C(NCc1cccc(OCC(=O)NC2CC2)c1)N1CCCC(C)C1.I. The largest absolute Gasteiger partial charge is 0.484 e. The lowest BCUT2D eigenvalue weighted by Crippen LogP contribution is -2.45. The molecule has 1 unspecified atom stereocenters. The van der Waals surface area contributed by atoms with Gasteiger partial charge in [-0.15, -0.1) is 24.0 Å². The molecule has 1 aromatic rings. The van der Waals surface area contributed by atoms with Crippen molar-refractivity contribution in [3.63, 3.8) is 0 Å². The number of aliphatic imine (C=N–C) groups is 1. The van der Waals surface area contributed by atoms with Crippen LogP contribution in [0.2, 0.25) is 0 Å². The van der Waals surface area contributed by atoms with E-state index in [0.717, 1.165) is 43.2 Å². The summed E-state index contributed by atoms with van der Waals surface area (Å²) >= 11 is 0. The number of ether oxygens (including phenoxy) is 1. The van der Waals surface area contributed by atoms with Crippen molar-refractivity contribution >= 4 is 35.8 Å². The number of piperidine rings is 1. The second-order valence-electron chi connectivity index (χ2n) is 7.37. The Labute approximate surface area is 179 Å². The summed E-state index contributed by atoms with van der Waals surface area (Å²) in [7, 11) is 1.83. The van der Waals surface area contributed by atoms with Crippen LogP contribution in [0.1, 0.15) is 38.2 Å². The fourth-order valence-corrected chi connectivity index (χ4v) is 3.29. The monoisotopic (exact) mass is 486 g/mol. The molecule has 27 heavy (non-hydrogen) atoms. The Balaban J connectivity index is 0.00000261. The number of carbonyl (C=O) groups is 1. The average molecular weight is 486 g/mol. The van der Waals surface area contributed by atoms with E-state index in [1.54, 1.807) is 0 Å². The molecule has 1 aromatic carbocycles. The summed E-state index contributed by atoms with van der Waals surface area (Å²) in [6, 6.07) is 8.23. The number of halogens is 1. The Morgan fingerprint density at radius 1 is 1.33 bits per heavy atom. The van der Waals surface area contributed by atoms with E-state index in [1.807, 2.05) is 25.2 Å². The molecule has 7 heteroatoms. The first kappa shape index (κ1) is 21.8. The zero-order valence-corrected chi connectivity index (χ0v) is 18.6. The molecular formula is C20H31IN4O2. The molecule has 2 N–H and O–H groups in total. The van der Waals surface area contributed by atoms with E-state index in [2.05, 4.69) is 33.5 Å². The Bertz CT molecular complexity index is 649.